The van der Waals surface area contributed by atoms with Crippen LogP contribution in [0.4, 0.5) is 0 Å². The molecule has 0 saturated carbocycles. The summed E-state index contributed by atoms with van der Waals surface area (Å²) in [6.07, 6.45) is -4.92. The van der Waals surface area contributed by atoms with Crippen LogP contribution in [-0.2, 0) is 31.6 Å². The molecule has 8 N–H and O–H groups in total. The summed E-state index contributed by atoms with van der Waals surface area (Å²) in [5.74, 6) is 0. The quantitative estimate of drug-likeness (QED) is 0.156. The van der Waals surface area contributed by atoms with Crippen LogP contribution in [0.5, 0.6) is 0 Å². The second kappa shape index (κ2) is 8.86. The first kappa shape index (κ1) is 24.7. The number of H-pyrrole nitrogens is 2. The zero-order valence-electron chi connectivity index (χ0n) is 13.8. The van der Waals surface area contributed by atoms with E-state index in [9.17, 15) is 33.6 Å². The fourth-order valence-corrected chi connectivity index (χ4v) is 5.54. The zero-order valence-corrected chi connectivity index (χ0v) is 17.3. The Hall–Kier alpha value is -0.610. The minimum absolute atomic E-state index is 0.0759. The van der Waals surface area contributed by atoms with Crippen LogP contribution < -0.4 is 5.69 Å². The standard InChI is InChI=1S/C9H15N2O14P3S/c12-5-4(2-22-27(18,19)25-28(20,21)24-26(15,16)17)23-7(6(5)13)3-1-10-9(14)11-8(3)29/h1,4-7,12-13H,2H2,(H,18,19)(H,20,21)(H2,15,16,17)(H2,10,11,14,29)/t4-,5-,6-,7+/m1/s1. The molecular weight excluding hydrogens is 485 g/mol. The van der Waals surface area contributed by atoms with Crippen molar-refractivity contribution in [3.05, 3.63) is 26.9 Å². The van der Waals surface area contributed by atoms with E-state index in [2.05, 4.69) is 23.1 Å². The number of hydrogen-bond donors (Lipinski definition) is 8. The highest BCUT2D eigenvalue weighted by Crippen LogP contribution is 2.66. The van der Waals surface area contributed by atoms with E-state index in [4.69, 9.17) is 31.6 Å². The zero-order chi connectivity index (χ0) is 22.2. The Kier molecular flexibility index (Phi) is 7.54. The van der Waals surface area contributed by atoms with Crippen molar-refractivity contribution in [3.63, 3.8) is 0 Å². The van der Waals surface area contributed by atoms with Gasteiger partial charge in [-0.3, -0.25) is 9.51 Å². The van der Waals surface area contributed by atoms with Crippen LogP contribution >= 0.6 is 35.7 Å². The van der Waals surface area contributed by atoms with Crippen LogP contribution in [0.3, 0.4) is 0 Å². The van der Waals surface area contributed by atoms with Crippen molar-refractivity contribution >= 4 is 35.7 Å². The summed E-state index contributed by atoms with van der Waals surface area (Å²) in [5.41, 5.74) is -0.567. The van der Waals surface area contributed by atoms with Gasteiger partial charge in [-0.25, -0.2) is 18.5 Å². The smallest absolute Gasteiger partial charge is 0.387 e. The van der Waals surface area contributed by atoms with Crippen molar-refractivity contribution in [2.24, 2.45) is 0 Å². The Bertz CT molecular complexity index is 1000. The lowest BCUT2D eigenvalue weighted by molar-refractivity contribution is -0.0225. The summed E-state index contributed by atoms with van der Waals surface area (Å²) in [6.45, 7) is -0.974. The molecule has 16 nitrogen and oxygen atoms in total. The van der Waals surface area contributed by atoms with Gasteiger partial charge in [-0.2, -0.15) is 8.62 Å². The van der Waals surface area contributed by atoms with E-state index in [1.165, 1.54) is 0 Å². The van der Waals surface area contributed by atoms with Gasteiger partial charge in [0.2, 0.25) is 0 Å². The second-order valence-corrected chi connectivity index (χ2v) is 10.3. The first-order valence-electron chi connectivity index (χ1n) is 7.22. The number of aliphatic hydroxyl groups is 2. The van der Waals surface area contributed by atoms with E-state index in [0.717, 1.165) is 6.20 Å². The van der Waals surface area contributed by atoms with Crippen LogP contribution in [0.1, 0.15) is 11.7 Å². The molecular formula is C9H15N2O14P3S. The maximum Gasteiger partial charge on any atom is 0.490 e. The highest BCUT2D eigenvalue weighted by atomic mass is 32.1. The summed E-state index contributed by atoms with van der Waals surface area (Å²) in [5, 5.41) is 20.1. The number of phosphoric acid groups is 3. The summed E-state index contributed by atoms with van der Waals surface area (Å²) < 4.78 is 50.1. The summed E-state index contributed by atoms with van der Waals surface area (Å²) >= 11 is 4.91. The van der Waals surface area contributed by atoms with Gasteiger partial charge < -0.3 is 39.5 Å². The van der Waals surface area contributed by atoms with Gasteiger partial charge in [0.15, 0.2) is 0 Å². The number of rotatable bonds is 8. The number of aliphatic hydroxyl groups excluding tert-OH is 2. The lowest BCUT2D eigenvalue weighted by atomic mass is 10.0. The molecule has 2 heterocycles. The maximum absolute atomic E-state index is 11.7. The molecule has 166 valence electrons. The number of phosphoric ester groups is 1. The monoisotopic (exact) mass is 500 g/mol. The van der Waals surface area contributed by atoms with Crippen LogP contribution in [-0.4, -0.2) is 64.7 Å². The lowest BCUT2D eigenvalue weighted by Crippen LogP contribution is -2.33. The average Bonchev–Trinajstić information content (AvgIpc) is 2.78. The number of hydrogen-bond acceptors (Lipinski definition) is 11. The molecule has 2 rings (SSSR count). The summed E-state index contributed by atoms with van der Waals surface area (Å²) in [4.78, 5) is 51.0. The van der Waals surface area contributed by atoms with Crippen molar-refractivity contribution in [3.8, 4) is 0 Å². The number of ether oxygens (including phenoxy) is 1. The van der Waals surface area contributed by atoms with E-state index in [1.807, 2.05) is 0 Å². The summed E-state index contributed by atoms with van der Waals surface area (Å²) in [6, 6.07) is 0. The molecule has 0 spiro atoms. The molecule has 1 aliphatic heterocycles. The first-order valence-corrected chi connectivity index (χ1v) is 12.1. The molecule has 2 unspecified atom stereocenters. The number of aromatic amines is 2. The normalized spacial score (nSPS) is 29.3. The highest BCUT2D eigenvalue weighted by molar-refractivity contribution is 7.71. The molecule has 1 aromatic heterocycles. The van der Waals surface area contributed by atoms with Gasteiger partial charge in [-0.15, -0.1) is 0 Å². The fraction of sp³-hybridized carbons (Fsp3) is 0.556. The van der Waals surface area contributed by atoms with Crippen LogP contribution in [0.25, 0.3) is 0 Å². The van der Waals surface area contributed by atoms with Gasteiger partial charge >= 0.3 is 29.2 Å². The lowest BCUT2D eigenvalue weighted by Gasteiger charge is -2.19. The molecule has 6 atom stereocenters. The topological polar surface area (TPSA) is 258 Å². The minimum Gasteiger partial charge on any atom is -0.387 e. The highest BCUT2D eigenvalue weighted by Gasteiger charge is 2.46. The Morgan fingerprint density at radius 2 is 1.69 bits per heavy atom. The molecule has 1 fully saturated rings. The van der Waals surface area contributed by atoms with E-state index < -0.39 is 60.2 Å². The third kappa shape index (κ3) is 6.95. The van der Waals surface area contributed by atoms with Gasteiger partial charge in [-0.1, -0.05) is 12.2 Å². The average molecular weight is 500 g/mol. The molecule has 20 heteroatoms. The van der Waals surface area contributed by atoms with Crippen molar-refractivity contribution in [2.45, 2.75) is 24.4 Å². The van der Waals surface area contributed by atoms with Crippen LogP contribution in [0.2, 0.25) is 0 Å². The number of nitrogens with one attached hydrogen (secondary N) is 2. The Morgan fingerprint density at radius 1 is 1.07 bits per heavy atom. The third-order valence-corrected chi connectivity index (χ3v) is 7.48. The van der Waals surface area contributed by atoms with E-state index >= 15 is 0 Å². The third-order valence-electron chi connectivity index (χ3n) is 3.33. The maximum atomic E-state index is 11.7. The van der Waals surface area contributed by atoms with Crippen molar-refractivity contribution in [2.75, 3.05) is 6.61 Å². The first-order chi connectivity index (χ1) is 13.1. The molecule has 0 radical (unpaired) electrons. The second-order valence-electron chi connectivity index (χ2n) is 5.49. The van der Waals surface area contributed by atoms with E-state index in [1.54, 1.807) is 0 Å². The Labute approximate surface area is 165 Å². The van der Waals surface area contributed by atoms with Crippen molar-refractivity contribution in [1.82, 2.24) is 9.97 Å². The minimum atomic E-state index is -5.70. The predicted molar refractivity (Wildman–Crippen MR) is 91.7 cm³/mol. The Balaban J connectivity index is 2.06. The van der Waals surface area contributed by atoms with Crippen molar-refractivity contribution < 1.29 is 61.4 Å². The molecule has 1 aromatic rings. The van der Waals surface area contributed by atoms with Gasteiger partial charge in [0.05, 0.1) is 6.61 Å². The van der Waals surface area contributed by atoms with Gasteiger partial charge in [0.25, 0.3) is 0 Å². The molecule has 0 aliphatic carbocycles. The van der Waals surface area contributed by atoms with Gasteiger partial charge in [-0.05, 0) is 0 Å². The van der Waals surface area contributed by atoms with Gasteiger partial charge in [0, 0.05) is 11.8 Å². The predicted octanol–water partition coefficient (Wildman–Crippen LogP) is -1.06. The Morgan fingerprint density at radius 3 is 2.24 bits per heavy atom. The van der Waals surface area contributed by atoms with Crippen molar-refractivity contribution in [1.29, 1.82) is 0 Å². The molecule has 0 bridgehead atoms. The van der Waals surface area contributed by atoms with Crippen LogP contribution in [0.15, 0.2) is 11.0 Å². The number of aromatic nitrogens is 2. The fourth-order valence-electron chi connectivity index (χ4n) is 2.25. The van der Waals surface area contributed by atoms with E-state index in [0.29, 0.717) is 0 Å². The molecule has 29 heavy (non-hydrogen) atoms. The summed E-state index contributed by atoms with van der Waals surface area (Å²) in [7, 11) is -16.7. The van der Waals surface area contributed by atoms with E-state index in [-0.39, 0.29) is 10.2 Å². The van der Waals surface area contributed by atoms with Crippen LogP contribution in [0, 0.1) is 4.64 Å². The molecule has 0 amide bonds. The SMILES string of the molecule is O=c1[nH]cc([C@@H]2O[C@H](COP(=O)(O)OP(=O)(O)OP(=O)(O)O)[C@@H](O)[C@H]2O)c(=S)[nH]1. The molecule has 1 aliphatic rings. The largest absolute Gasteiger partial charge is 0.490 e. The molecule has 1 saturated heterocycles. The van der Waals surface area contributed by atoms with Gasteiger partial charge in [0.1, 0.15) is 29.1 Å². The molecule has 0 aromatic carbocycles.